The number of likely N-dealkylation sites (N-methyl/N-ethyl adjacent to an activating group) is 1. The second kappa shape index (κ2) is 6.35. The van der Waals surface area contributed by atoms with Crippen LogP contribution in [0.1, 0.15) is 24.8 Å². The Labute approximate surface area is 179 Å². The van der Waals surface area contributed by atoms with Crippen LogP contribution in [0.4, 0.5) is 27.5 Å². The molecule has 8 heteroatoms. The fraction of sp³-hybridized carbons (Fsp3) is 0.391. The first kappa shape index (κ1) is 18.5. The molecule has 2 bridgehead atoms. The molecule has 3 saturated carbocycles. The van der Waals surface area contributed by atoms with E-state index in [0.717, 1.165) is 35.0 Å². The van der Waals surface area contributed by atoms with Crippen molar-refractivity contribution in [1.82, 2.24) is 15.0 Å². The summed E-state index contributed by atoms with van der Waals surface area (Å²) in [5.74, 6) is 1.26. The molecule has 7 nitrogen and oxygen atoms in total. The summed E-state index contributed by atoms with van der Waals surface area (Å²) in [5, 5.41) is 4.36. The number of anilines is 4. The van der Waals surface area contributed by atoms with Crippen molar-refractivity contribution in [2.75, 3.05) is 28.7 Å². The average molecular weight is 418 g/mol. The van der Waals surface area contributed by atoms with E-state index in [0.29, 0.717) is 23.9 Å². The number of aromatic nitrogens is 3. The fourth-order valence-corrected chi connectivity index (χ4v) is 5.38. The van der Waals surface area contributed by atoms with E-state index >= 15 is 0 Å². The van der Waals surface area contributed by atoms with E-state index in [2.05, 4.69) is 15.3 Å². The molecule has 3 aromatic rings. The maximum Gasteiger partial charge on any atom is 0.246 e. The Bertz CT molecular complexity index is 1220. The van der Waals surface area contributed by atoms with Crippen molar-refractivity contribution in [1.29, 1.82) is 0 Å². The van der Waals surface area contributed by atoms with Crippen LogP contribution in [0.2, 0.25) is 0 Å². The van der Waals surface area contributed by atoms with Crippen LogP contribution < -0.4 is 15.1 Å². The smallest absolute Gasteiger partial charge is 0.246 e. The van der Waals surface area contributed by atoms with Gasteiger partial charge in [0.05, 0.1) is 18.3 Å². The monoisotopic (exact) mass is 418 g/mol. The van der Waals surface area contributed by atoms with Crippen LogP contribution in [-0.4, -0.2) is 46.2 Å². The molecule has 0 radical (unpaired) electrons. The summed E-state index contributed by atoms with van der Waals surface area (Å²) in [7, 11) is 1.74. The highest BCUT2D eigenvalue weighted by molar-refractivity contribution is 6.02. The van der Waals surface area contributed by atoms with Gasteiger partial charge in [0, 0.05) is 36.3 Å². The van der Waals surface area contributed by atoms with Gasteiger partial charge in [0.1, 0.15) is 11.9 Å². The molecule has 31 heavy (non-hydrogen) atoms. The molecule has 3 heterocycles. The lowest BCUT2D eigenvalue weighted by Crippen LogP contribution is -2.58. The SMILES string of the molecule is Cc1cc2ncccc2cc1Nc1ncc2c(n1)N(C13CC(C1)[C@@H](F)C3)CC(=O)N2C. The van der Waals surface area contributed by atoms with Gasteiger partial charge in [-0.3, -0.25) is 9.78 Å². The van der Waals surface area contributed by atoms with E-state index in [1.165, 1.54) is 0 Å². The van der Waals surface area contributed by atoms with Crippen LogP contribution in [0.25, 0.3) is 10.9 Å². The number of amides is 1. The molecule has 1 N–H and O–H groups in total. The van der Waals surface area contributed by atoms with Gasteiger partial charge in [-0.1, -0.05) is 6.07 Å². The van der Waals surface area contributed by atoms with Crippen molar-refractivity contribution in [2.24, 2.45) is 5.92 Å². The molecule has 1 atom stereocenters. The summed E-state index contributed by atoms with van der Waals surface area (Å²) in [5.41, 5.74) is 3.24. The van der Waals surface area contributed by atoms with Crippen LogP contribution in [0.5, 0.6) is 0 Å². The Morgan fingerprint density at radius 3 is 2.84 bits per heavy atom. The number of carbonyl (C=O) groups is 1. The number of carbonyl (C=O) groups excluding carboxylic acids is 1. The minimum atomic E-state index is -0.786. The molecule has 158 valence electrons. The van der Waals surface area contributed by atoms with E-state index in [-0.39, 0.29) is 23.9 Å². The third kappa shape index (κ3) is 2.70. The van der Waals surface area contributed by atoms with E-state index in [1.807, 2.05) is 36.1 Å². The Morgan fingerprint density at radius 2 is 2.06 bits per heavy atom. The minimum Gasteiger partial charge on any atom is -0.340 e. The first-order chi connectivity index (χ1) is 14.9. The fourth-order valence-electron chi connectivity index (χ4n) is 5.38. The molecular weight excluding hydrogens is 395 g/mol. The molecule has 4 aliphatic rings. The lowest BCUT2D eigenvalue weighted by Gasteiger charge is -2.50. The number of alkyl halides is 1. The first-order valence-electron chi connectivity index (χ1n) is 10.6. The number of benzene rings is 1. The second-order valence-electron chi connectivity index (χ2n) is 9.04. The number of rotatable bonds is 3. The molecule has 0 spiro atoms. The number of nitrogens with zero attached hydrogens (tertiary/aromatic N) is 5. The zero-order chi connectivity index (χ0) is 21.3. The molecule has 2 aromatic heterocycles. The Morgan fingerprint density at radius 1 is 1.23 bits per heavy atom. The third-order valence-corrected chi connectivity index (χ3v) is 7.17. The van der Waals surface area contributed by atoms with Crippen LogP contribution in [0, 0.1) is 12.8 Å². The van der Waals surface area contributed by atoms with Gasteiger partial charge < -0.3 is 15.1 Å². The van der Waals surface area contributed by atoms with Gasteiger partial charge in [-0.05, 0) is 49.4 Å². The Kier molecular flexibility index (Phi) is 3.79. The zero-order valence-electron chi connectivity index (χ0n) is 17.5. The summed E-state index contributed by atoms with van der Waals surface area (Å²) in [4.78, 5) is 29.9. The van der Waals surface area contributed by atoms with E-state index in [4.69, 9.17) is 4.98 Å². The standard InChI is InChI=1S/C23H23FN6O/c1-13-6-18-14(4-3-5-25-18)7-17(13)27-22-26-11-19-21(28-22)30(12-20(31)29(19)2)23-8-15(9-23)16(24)10-23/h3-7,11,15-16H,8-10,12H2,1-2H3,(H,26,27,28)/t15?,16-,23?/m0/s1. The Hall–Kier alpha value is -3.29. The van der Waals surface area contributed by atoms with Gasteiger partial charge in [-0.2, -0.15) is 4.98 Å². The highest BCUT2D eigenvalue weighted by Gasteiger charge is 2.61. The zero-order valence-corrected chi connectivity index (χ0v) is 17.5. The highest BCUT2D eigenvalue weighted by Crippen LogP contribution is 2.58. The molecule has 1 amide bonds. The Balaban J connectivity index is 1.39. The number of hydrogen-bond donors (Lipinski definition) is 1. The van der Waals surface area contributed by atoms with Crippen molar-refractivity contribution < 1.29 is 9.18 Å². The summed E-state index contributed by atoms with van der Waals surface area (Å²) in [6, 6.07) is 7.99. The summed E-state index contributed by atoms with van der Waals surface area (Å²) in [6.45, 7) is 2.24. The number of nitrogens with one attached hydrogen (secondary N) is 1. The molecule has 7 rings (SSSR count). The number of halogens is 1. The summed E-state index contributed by atoms with van der Waals surface area (Å²) in [6.07, 6.45) is 4.72. The van der Waals surface area contributed by atoms with E-state index in [9.17, 15) is 9.18 Å². The predicted octanol–water partition coefficient (Wildman–Crippen LogP) is 3.75. The first-order valence-corrected chi connectivity index (χ1v) is 10.6. The maximum atomic E-state index is 14.3. The molecule has 1 aromatic carbocycles. The van der Waals surface area contributed by atoms with Crippen LogP contribution in [-0.2, 0) is 4.79 Å². The molecule has 1 aliphatic heterocycles. The summed E-state index contributed by atoms with van der Waals surface area (Å²) >= 11 is 0. The highest BCUT2D eigenvalue weighted by atomic mass is 19.1. The molecule has 0 saturated heterocycles. The van der Waals surface area contributed by atoms with Gasteiger partial charge in [0.2, 0.25) is 11.9 Å². The molecular formula is C23H23FN6O. The topological polar surface area (TPSA) is 74.2 Å². The van der Waals surface area contributed by atoms with E-state index in [1.54, 1.807) is 24.3 Å². The van der Waals surface area contributed by atoms with E-state index < -0.39 is 6.17 Å². The minimum absolute atomic E-state index is 0.0187. The van der Waals surface area contributed by atoms with Crippen molar-refractivity contribution in [3.8, 4) is 0 Å². The lowest BCUT2D eigenvalue weighted by atomic mass is 9.75. The van der Waals surface area contributed by atoms with Crippen LogP contribution in [0.3, 0.4) is 0 Å². The van der Waals surface area contributed by atoms with Crippen LogP contribution in [0.15, 0.2) is 36.7 Å². The molecule has 3 fully saturated rings. The predicted molar refractivity (Wildman–Crippen MR) is 118 cm³/mol. The quantitative estimate of drug-likeness (QED) is 0.698. The van der Waals surface area contributed by atoms with Crippen molar-refractivity contribution in [3.63, 3.8) is 0 Å². The number of pyridine rings is 1. The normalized spacial score (nSPS) is 26.7. The van der Waals surface area contributed by atoms with Crippen molar-refractivity contribution in [3.05, 3.63) is 42.2 Å². The second-order valence-corrected chi connectivity index (χ2v) is 9.04. The number of hydrogen-bond acceptors (Lipinski definition) is 6. The lowest BCUT2D eigenvalue weighted by molar-refractivity contribution is -0.117. The van der Waals surface area contributed by atoms with Crippen molar-refractivity contribution >= 4 is 40.0 Å². The van der Waals surface area contributed by atoms with Gasteiger partial charge >= 0.3 is 0 Å². The van der Waals surface area contributed by atoms with Gasteiger partial charge in [0.15, 0.2) is 5.82 Å². The van der Waals surface area contributed by atoms with Crippen LogP contribution >= 0.6 is 0 Å². The number of fused-ring (bicyclic) bond motifs is 3. The van der Waals surface area contributed by atoms with Crippen molar-refractivity contribution in [2.45, 2.75) is 37.9 Å². The summed E-state index contributed by atoms with van der Waals surface area (Å²) < 4.78 is 14.3. The number of aryl methyl sites for hydroxylation is 1. The molecule has 0 unspecified atom stereocenters. The molecule has 3 aliphatic carbocycles. The van der Waals surface area contributed by atoms with Gasteiger partial charge in [-0.25, -0.2) is 9.37 Å². The third-order valence-electron chi connectivity index (χ3n) is 7.17. The maximum absolute atomic E-state index is 14.3. The largest absolute Gasteiger partial charge is 0.340 e. The average Bonchev–Trinajstić information content (AvgIpc) is 3.24. The van der Waals surface area contributed by atoms with Gasteiger partial charge in [0.25, 0.3) is 0 Å². The van der Waals surface area contributed by atoms with Gasteiger partial charge in [-0.15, -0.1) is 0 Å².